The summed E-state index contributed by atoms with van der Waals surface area (Å²) in [5.74, 6) is 0.852. The van der Waals surface area contributed by atoms with Crippen molar-refractivity contribution in [2.24, 2.45) is 0 Å². The zero-order chi connectivity index (χ0) is 15.5. The number of aromatic amines is 1. The molecule has 0 aliphatic heterocycles. The molecule has 0 saturated carbocycles. The van der Waals surface area contributed by atoms with Crippen LogP contribution in [0.15, 0.2) is 85.2 Å². The average molecular weight is 297 g/mol. The predicted molar refractivity (Wildman–Crippen MR) is 92.7 cm³/mol. The number of hydrogen-bond donors (Lipinski definition) is 1. The van der Waals surface area contributed by atoms with Crippen LogP contribution in [0.1, 0.15) is 0 Å². The Morgan fingerprint density at radius 2 is 1.22 bits per heavy atom. The Labute approximate surface area is 134 Å². The van der Waals surface area contributed by atoms with Gasteiger partial charge in [0.25, 0.3) is 0 Å². The van der Waals surface area contributed by atoms with Crippen LogP contribution in [-0.2, 0) is 0 Å². The van der Waals surface area contributed by atoms with E-state index in [4.69, 9.17) is 4.98 Å². The summed E-state index contributed by atoms with van der Waals surface area (Å²) >= 11 is 0. The van der Waals surface area contributed by atoms with E-state index in [1.807, 2.05) is 48.5 Å². The van der Waals surface area contributed by atoms with Gasteiger partial charge in [0.1, 0.15) is 5.82 Å². The summed E-state index contributed by atoms with van der Waals surface area (Å²) < 4.78 is 0. The molecule has 110 valence electrons. The first kappa shape index (κ1) is 13.5. The minimum atomic E-state index is 0.852. The maximum absolute atomic E-state index is 4.84. The first-order valence-corrected chi connectivity index (χ1v) is 7.53. The van der Waals surface area contributed by atoms with Crippen LogP contribution in [0.3, 0.4) is 0 Å². The number of imidazole rings is 1. The van der Waals surface area contributed by atoms with Gasteiger partial charge in [0.05, 0.1) is 11.4 Å². The molecule has 2 aromatic carbocycles. The third-order valence-electron chi connectivity index (χ3n) is 3.77. The quantitative estimate of drug-likeness (QED) is 0.590. The SMILES string of the molecule is c1ccc(-c2nc(-c3ccncc3)[nH]c2-c2ccccc2)cc1. The fourth-order valence-corrected chi connectivity index (χ4v) is 2.64. The molecule has 0 bridgehead atoms. The molecule has 2 aromatic heterocycles. The van der Waals surface area contributed by atoms with Gasteiger partial charge in [-0.25, -0.2) is 4.98 Å². The van der Waals surface area contributed by atoms with E-state index < -0.39 is 0 Å². The lowest BCUT2D eigenvalue weighted by Crippen LogP contribution is -1.82. The van der Waals surface area contributed by atoms with Gasteiger partial charge in [-0.15, -0.1) is 0 Å². The van der Waals surface area contributed by atoms with E-state index in [-0.39, 0.29) is 0 Å². The number of H-pyrrole nitrogens is 1. The molecule has 0 saturated heterocycles. The van der Waals surface area contributed by atoms with Crippen LogP contribution in [0.4, 0.5) is 0 Å². The van der Waals surface area contributed by atoms with Crippen LogP contribution in [0, 0.1) is 0 Å². The number of pyridine rings is 1. The minimum absolute atomic E-state index is 0.852. The van der Waals surface area contributed by atoms with Crippen molar-refractivity contribution in [3.8, 4) is 33.9 Å². The standard InChI is InChI=1S/C20H15N3/c1-3-7-15(8-4-1)18-19(16-9-5-2-6-10-16)23-20(22-18)17-11-13-21-14-12-17/h1-14H,(H,22,23). The van der Waals surface area contributed by atoms with E-state index in [1.54, 1.807) is 12.4 Å². The van der Waals surface area contributed by atoms with Crippen molar-refractivity contribution in [3.63, 3.8) is 0 Å². The maximum atomic E-state index is 4.84. The molecule has 3 nitrogen and oxygen atoms in total. The number of rotatable bonds is 3. The monoisotopic (exact) mass is 297 g/mol. The predicted octanol–water partition coefficient (Wildman–Crippen LogP) is 4.81. The van der Waals surface area contributed by atoms with E-state index >= 15 is 0 Å². The molecule has 0 aliphatic rings. The van der Waals surface area contributed by atoms with Gasteiger partial charge in [-0.2, -0.15) is 0 Å². The van der Waals surface area contributed by atoms with Crippen molar-refractivity contribution >= 4 is 0 Å². The molecule has 0 aliphatic carbocycles. The molecule has 3 heteroatoms. The molecule has 0 amide bonds. The number of aromatic nitrogens is 3. The van der Waals surface area contributed by atoms with Crippen molar-refractivity contribution in [1.29, 1.82) is 0 Å². The van der Waals surface area contributed by atoms with Crippen LogP contribution < -0.4 is 0 Å². The Bertz CT molecular complexity index is 841. The molecular weight excluding hydrogens is 282 g/mol. The summed E-state index contributed by atoms with van der Waals surface area (Å²) in [5, 5.41) is 0. The number of hydrogen-bond acceptors (Lipinski definition) is 2. The molecule has 23 heavy (non-hydrogen) atoms. The normalized spacial score (nSPS) is 10.6. The summed E-state index contributed by atoms with van der Waals surface area (Å²) in [6.07, 6.45) is 3.56. The molecule has 4 rings (SSSR count). The lowest BCUT2D eigenvalue weighted by atomic mass is 10.1. The van der Waals surface area contributed by atoms with Gasteiger partial charge in [-0.05, 0) is 12.1 Å². The molecule has 0 unspecified atom stereocenters. The highest BCUT2D eigenvalue weighted by Gasteiger charge is 2.14. The van der Waals surface area contributed by atoms with E-state index in [0.29, 0.717) is 0 Å². The molecule has 0 spiro atoms. The summed E-state index contributed by atoms with van der Waals surface area (Å²) in [5.41, 5.74) is 5.24. The minimum Gasteiger partial charge on any atom is -0.337 e. The fraction of sp³-hybridized carbons (Fsp3) is 0. The second-order valence-corrected chi connectivity index (χ2v) is 5.28. The Hall–Kier alpha value is -3.20. The summed E-state index contributed by atoms with van der Waals surface area (Å²) in [7, 11) is 0. The van der Waals surface area contributed by atoms with E-state index in [0.717, 1.165) is 33.9 Å². The lowest BCUT2D eigenvalue weighted by molar-refractivity contribution is 1.27. The molecule has 0 fully saturated rings. The third-order valence-corrected chi connectivity index (χ3v) is 3.77. The number of nitrogens with zero attached hydrogens (tertiary/aromatic N) is 2. The van der Waals surface area contributed by atoms with Gasteiger partial charge in [-0.1, -0.05) is 60.7 Å². The largest absolute Gasteiger partial charge is 0.337 e. The van der Waals surface area contributed by atoms with Gasteiger partial charge in [-0.3, -0.25) is 4.98 Å². The topological polar surface area (TPSA) is 41.6 Å². The number of benzene rings is 2. The summed E-state index contributed by atoms with van der Waals surface area (Å²) in [6, 6.07) is 24.5. The fourth-order valence-electron chi connectivity index (χ4n) is 2.64. The first-order valence-electron chi connectivity index (χ1n) is 7.53. The Kier molecular flexibility index (Phi) is 3.45. The smallest absolute Gasteiger partial charge is 0.138 e. The molecule has 2 heterocycles. The lowest BCUT2D eigenvalue weighted by Gasteiger charge is -2.02. The first-order chi connectivity index (χ1) is 11.4. The van der Waals surface area contributed by atoms with Gasteiger partial charge in [0.2, 0.25) is 0 Å². The van der Waals surface area contributed by atoms with E-state index in [9.17, 15) is 0 Å². The van der Waals surface area contributed by atoms with Crippen molar-refractivity contribution in [2.45, 2.75) is 0 Å². The third kappa shape index (κ3) is 2.64. The van der Waals surface area contributed by atoms with E-state index in [1.165, 1.54) is 0 Å². The van der Waals surface area contributed by atoms with Gasteiger partial charge in [0.15, 0.2) is 0 Å². The molecule has 4 aromatic rings. The summed E-state index contributed by atoms with van der Waals surface area (Å²) in [6.45, 7) is 0. The highest BCUT2D eigenvalue weighted by atomic mass is 14.9. The van der Waals surface area contributed by atoms with Crippen molar-refractivity contribution in [2.75, 3.05) is 0 Å². The van der Waals surface area contributed by atoms with Crippen LogP contribution >= 0.6 is 0 Å². The van der Waals surface area contributed by atoms with Crippen molar-refractivity contribution < 1.29 is 0 Å². The van der Waals surface area contributed by atoms with Crippen LogP contribution in [-0.4, -0.2) is 15.0 Å². The zero-order valence-corrected chi connectivity index (χ0v) is 12.5. The molecule has 0 atom stereocenters. The van der Waals surface area contributed by atoms with Crippen LogP contribution in [0.25, 0.3) is 33.9 Å². The van der Waals surface area contributed by atoms with Crippen molar-refractivity contribution in [1.82, 2.24) is 15.0 Å². The highest BCUT2D eigenvalue weighted by Crippen LogP contribution is 2.32. The van der Waals surface area contributed by atoms with Crippen molar-refractivity contribution in [3.05, 3.63) is 85.2 Å². The Morgan fingerprint density at radius 3 is 1.87 bits per heavy atom. The number of nitrogens with one attached hydrogen (secondary N) is 1. The average Bonchev–Trinajstić information content (AvgIpc) is 3.09. The van der Waals surface area contributed by atoms with E-state index in [2.05, 4.69) is 34.2 Å². The van der Waals surface area contributed by atoms with Gasteiger partial charge < -0.3 is 4.98 Å². The van der Waals surface area contributed by atoms with Crippen LogP contribution in [0.2, 0.25) is 0 Å². The van der Waals surface area contributed by atoms with Crippen LogP contribution in [0.5, 0.6) is 0 Å². The Balaban J connectivity index is 1.91. The molecule has 0 radical (unpaired) electrons. The summed E-state index contributed by atoms with van der Waals surface area (Å²) in [4.78, 5) is 12.4. The van der Waals surface area contributed by atoms with Gasteiger partial charge in [0, 0.05) is 29.1 Å². The zero-order valence-electron chi connectivity index (χ0n) is 12.5. The Morgan fingerprint density at radius 1 is 0.609 bits per heavy atom. The molecule has 1 N–H and O–H groups in total. The second-order valence-electron chi connectivity index (χ2n) is 5.28. The second kappa shape index (κ2) is 5.89. The highest BCUT2D eigenvalue weighted by molar-refractivity contribution is 5.81. The maximum Gasteiger partial charge on any atom is 0.138 e. The van der Waals surface area contributed by atoms with Gasteiger partial charge >= 0.3 is 0 Å². The molecular formula is C20H15N3.